The molecular formula is C18H27N3O4S. The fourth-order valence-corrected chi connectivity index (χ4v) is 3.74. The van der Waals surface area contributed by atoms with Crippen molar-refractivity contribution in [3.05, 3.63) is 34.4 Å². The standard InChI is InChI=1S/C18H27N3O4S/c1-13(2)11-20-8-9-25-16(12-20)10-19-18(22)14(3)26-17-6-4-15(5-7-17)21(23)24/h4-7,13-14,16H,8-12H2,1-3H3,(H,19,22). The van der Waals surface area contributed by atoms with Crippen LogP contribution in [0.25, 0.3) is 0 Å². The van der Waals surface area contributed by atoms with Crippen molar-refractivity contribution in [2.75, 3.05) is 32.8 Å². The molecule has 0 bridgehead atoms. The van der Waals surface area contributed by atoms with E-state index in [-0.39, 0.29) is 22.9 Å². The molecule has 2 unspecified atom stereocenters. The first kappa shape index (κ1) is 20.7. The molecule has 1 aliphatic rings. The lowest BCUT2D eigenvalue weighted by Gasteiger charge is -2.34. The predicted molar refractivity (Wildman–Crippen MR) is 102 cm³/mol. The molecule has 1 N–H and O–H groups in total. The zero-order valence-corrected chi connectivity index (χ0v) is 16.3. The fraction of sp³-hybridized carbons (Fsp3) is 0.611. The van der Waals surface area contributed by atoms with E-state index in [1.165, 1.54) is 23.9 Å². The second-order valence-corrected chi connectivity index (χ2v) is 8.32. The van der Waals surface area contributed by atoms with Crippen molar-refractivity contribution < 1.29 is 14.5 Å². The van der Waals surface area contributed by atoms with Gasteiger partial charge in [-0.3, -0.25) is 19.8 Å². The van der Waals surface area contributed by atoms with Gasteiger partial charge in [0.05, 0.1) is 22.9 Å². The number of rotatable bonds is 8. The molecule has 0 saturated carbocycles. The molecule has 2 rings (SSSR count). The van der Waals surface area contributed by atoms with Crippen molar-refractivity contribution in [2.24, 2.45) is 5.92 Å². The van der Waals surface area contributed by atoms with E-state index in [0.29, 0.717) is 19.1 Å². The predicted octanol–water partition coefficient (Wildman–Crippen LogP) is 2.55. The van der Waals surface area contributed by atoms with Gasteiger partial charge >= 0.3 is 0 Å². The number of nitrogens with zero attached hydrogens (tertiary/aromatic N) is 2. The highest BCUT2D eigenvalue weighted by molar-refractivity contribution is 8.00. The van der Waals surface area contributed by atoms with Crippen LogP contribution >= 0.6 is 11.8 Å². The average Bonchev–Trinajstić information content (AvgIpc) is 2.59. The number of benzene rings is 1. The minimum atomic E-state index is -0.433. The summed E-state index contributed by atoms with van der Waals surface area (Å²) in [5.41, 5.74) is 0.0480. The third kappa shape index (κ3) is 6.59. The first-order valence-corrected chi connectivity index (χ1v) is 9.76. The first-order chi connectivity index (χ1) is 12.3. The number of carbonyl (C=O) groups excluding carboxylic acids is 1. The summed E-state index contributed by atoms with van der Waals surface area (Å²) >= 11 is 1.38. The number of nitro benzene ring substituents is 1. The van der Waals surface area contributed by atoms with Crippen molar-refractivity contribution in [3.8, 4) is 0 Å². The summed E-state index contributed by atoms with van der Waals surface area (Å²) in [4.78, 5) is 25.8. The minimum absolute atomic E-state index is 0.0167. The van der Waals surface area contributed by atoms with Crippen LogP contribution in [0.1, 0.15) is 20.8 Å². The Morgan fingerprint density at radius 1 is 1.38 bits per heavy atom. The van der Waals surface area contributed by atoms with Gasteiger partial charge in [-0.15, -0.1) is 11.8 Å². The maximum Gasteiger partial charge on any atom is 0.269 e. The van der Waals surface area contributed by atoms with Crippen molar-refractivity contribution in [1.29, 1.82) is 0 Å². The second kappa shape index (κ2) is 9.89. The van der Waals surface area contributed by atoms with Gasteiger partial charge in [0.15, 0.2) is 0 Å². The van der Waals surface area contributed by atoms with Gasteiger partial charge in [-0.25, -0.2) is 0 Å². The van der Waals surface area contributed by atoms with Gasteiger partial charge in [0.25, 0.3) is 5.69 Å². The number of non-ortho nitro benzene ring substituents is 1. The van der Waals surface area contributed by atoms with Crippen LogP contribution in [0.2, 0.25) is 0 Å². The van der Waals surface area contributed by atoms with Crippen LogP contribution < -0.4 is 5.32 Å². The van der Waals surface area contributed by atoms with E-state index in [4.69, 9.17) is 4.74 Å². The van der Waals surface area contributed by atoms with E-state index < -0.39 is 4.92 Å². The van der Waals surface area contributed by atoms with E-state index in [9.17, 15) is 14.9 Å². The number of ether oxygens (including phenoxy) is 1. The zero-order chi connectivity index (χ0) is 19.1. The van der Waals surface area contributed by atoms with Crippen molar-refractivity contribution in [2.45, 2.75) is 37.0 Å². The third-order valence-corrected chi connectivity index (χ3v) is 5.19. The summed E-state index contributed by atoms with van der Waals surface area (Å²) in [5.74, 6) is 0.555. The molecular weight excluding hydrogens is 354 g/mol. The highest BCUT2D eigenvalue weighted by atomic mass is 32.2. The Morgan fingerprint density at radius 3 is 2.69 bits per heavy atom. The Morgan fingerprint density at radius 2 is 2.08 bits per heavy atom. The van der Waals surface area contributed by atoms with E-state index in [1.54, 1.807) is 12.1 Å². The topological polar surface area (TPSA) is 84.7 Å². The quantitative estimate of drug-likeness (QED) is 0.423. The molecule has 1 fully saturated rings. The molecule has 26 heavy (non-hydrogen) atoms. The molecule has 1 aliphatic heterocycles. The summed E-state index contributed by atoms with van der Waals surface area (Å²) in [7, 11) is 0. The SMILES string of the molecule is CC(C)CN1CCOC(CNC(=O)C(C)Sc2ccc([N+](=O)[O-])cc2)C1. The number of hydrogen-bond acceptors (Lipinski definition) is 6. The van der Waals surface area contributed by atoms with Crippen molar-refractivity contribution in [1.82, 2.24) is 10.2 Å². The molecule has 1 heterocycles. The maximum absolute atomic E-state index is 12.3. The lowest BCUT2D eigenvalue weighted by Crippen LogP contribution is -2.49. The van der Waals surface area contributed by atoms with Crippen molar-refractivity contribution in [3.63, 3.8) is 0 Å². The fourth-order valence-electron chi connectivity index (χ4n) is 2.85. The number of carbonyl (C=O) groups is 1. The monoisotopic (exact) mass is 381 g/mol. The van der Waals surface area contributed by atoms with Gasteiger partial charge in [-0.05, 0) is 25.0 Å². The summed E-state index contributed by atoms with van der Waals surface area (Å²) in [6.07, 6.45) is 0.0167. The van der Waals surface area contributed by atoms with Gasteiger partial charge < -0.3 is 10.1 Å². The Balaban J connectivity index is 1.77. The molecule has 7 nitrogen and oxygen atoms in total. The van der Waals surface area contributed by atoms with Crippen LogP contribution in [0.15, 0.2) is 29.2 Å². The second-order valence-electron chi connectivity index (χ2n) is 6.90. The van der Waals surface area contributed by atoms with Gasteiger partial charge in [0, 0.05) is 43.2 Å². The molecule has 0 radical (unpaired) electrons. The van der Waals surface area contributed by atoms with Crippen molar-refractivity contribution >= 4 is 23.4 Å². The van der Waals surface area contributed by atoms with E-state index >= 15 is 0 Å². The van der Waals surface area contributed by atoms with Crippen LogP contribution in [-0.4, -0.2) is 59.9 Å². The maximum atomic E-state index is 12.3. The molecule has 2 atom stereocenters. The Kier molecular flexibility index (Phi) is 7.86. The molecule has 0 spiro atoms. The van der Waals surface area contributed by atoms with E-state index in [0.717, 1.165) is 24.5 Å². The van der Waals surface area contributed by atoms with E-state index in [2.05, 4.69) is 24.1 Å². The highest BCUT2D eigenvalue weighted by Crippen LogP contribution is 2.25. The molecule has 1 aromatic rings. The Labute approximate surface area is 158 Å². The number of amides is 1. The first-order valence-electron chi connectivity index (χ1n) is 8.88. The molecule has 1 saturated heterocycles. The van der Waals surface area contributed by atoms with Gasteiger partial charge in [-0.1, -0.05) is 13.8 Å². The van der Waals surface area contributed by atoms with Crippen LogP contribution in [0.5, 0.6) is 0 Å². The minimum Gasteiger partial charge on any atom is -0.374 e. The van der Waals surface area contributed by atoms with Gasteiger partial charge in [0.2, 0.25) is 5.91 Å². The normalized spacial score (nSPS) is 19.3. The molecule has 1 aromatic carbocycles. The van der Waals surface area contributed by atoms with Crippen LogP contribution in [0, 0.1) is 16.0 Å². The molecule has 1 amide bonds. The average molecular weight is 381 g/mol. The number of morpholine rings is 1. The summed E-state index contributed by atoms with van der Waals surface area (Å²) in [6, 6.07) is 6.24. The number of nitrogens with one attached hydrogen (secondary N) is 1. The summed E-state index contributed by atoms with van der Waals surface area (Å²) < 4.78 is 5.75. The third-order valence-electron chi connectivity index (χ3n) is 4.08. The lowest BCUT2D eigenvalue weighted by atomic mass is 10.2. The Hall–Kier alpha value is -1.64. The summed E-state index contributed by atoms with van der Waals surface area (Å²) in [5, 5.41) is 13.4. The number of thioether (sulfide) groups is 1. The van der Waals surface area contributed by atoms with Gasteiger partial charge in [0.1, 0.15) is 0 Å². The van der Waals surface area contributed by atoms with Crippen LogP contribution in [-0.2, 0) is 9.53 Å². The van der Waals surface area contributed by atoms with E-state index in [1.807, 2.05) is 6.92 Å². The zero-order valence-electron chi connectivity index (χ0n) is 15.5. The highest BCUT2D eigenvalue weighted by Gasteiger charge is 2.22. The smallest absolute Gasteiger partial charge is 0.269 e. The Bertz CT molecular complexity index is 609. The molecule has 144 valence electrons. The number of hydrogen-bond donors (Lipinski definition) is 1. The van der Waals surface area contributed by atoms with Crippen LogP contribution in [0.3, 0.4) is 0 Å². The molecule has 8 heteroatoms. The molecule has 0 aliphatic carbocycles. The largest absolute Gasteiger partial charge is 0.374 e. The lowest BCUT2D eigenvalue weighted by molar-refractivity contribution is -0.384. The van der Waals surface area contributed by atoms with Crippen LogP contribution in [0.4, 0.5) is 5.69 Å². The summed E-state index contributed by atoms with van der Waals surface area (Å²) in [6.45, 7) is 10.2. The number of nitro groups is 1. The molecule has 0 aromatic heterocycles. The van der Waals surface area contributed by atoms with Gasteiger partial charge in [-0.2, -0.15) is 0 Å².